The summed E-state index contributed by atoms with van der Waals surface area (Å²) in [6.45, 7) is 4.73. The van der Waals surface area contributed by atoms with E-state index in [0.29, 0.717) is 0 Å². The van der Waals surface area contributed by atoms with E-state index in [0.717, 1.165) is 33.9 Å². The van der Waals surface area contributed by atoms with Crippen LogP contribution in [0.15, 0.2) is 255 Å². The Morgan fingerprint density at radius 1 is 0.379 bits per heavy atom. The van der Waals surface area contributed by atoms with Crippen LogP contribution in [0.2, 0.25) is 0 Å². The average Bonchev–Trinajstić information content (AvgIpc) is 3.84. The molecule has 0 saturated heterocycles. The molecule has 0 fully saturated rings. The van der Waals surface area contributed by atoms with Gasteiger partial charge < -0.3 is 9.47 Å². The van der Waals surface area contributed by atoms with Crippen LogP contribution in [-0.4, -0.2) is 4.57 Å². The Morgan fingerprint density at radius 2 is 0.909 bits per heavy atom. The molecule has 2 nitrogen and oxygen atoms in total. The lowest BCUT2D eigenvalue weighted by molar-refractivity contribution is 0.660. The molecule has 314 valence electrons. The molecule has 0 spiro atoms. The smallest absolute Gasteiger partial charge is 0.0701 e. The van der Waals surface area contributed by atoms with E-state index in [4.69, 9.17) is 0 Å². The molecule has 1 aliphatic rings. The summed E-state index contributed by atoms with van der Waals surface area (Å²) in [4.78, 5) is 2.49. The third-order valence-electron chi connectivity index (χ3n) is 14.1. The van der Waals surface area contributed by atoms with Gasteiger partial charge in [-0.05, 0) is 98.6 Å². The maximum atomic E-state index is 2.49. The first-order chi connectivity index (χ1) is 32.5. The van der Waals surface area contributed by atoms with E-state index in [2.05, 4.69) is 278 Å². The monoisotopic (exact) mass is 844 g/mol. The van der Waals surface area contributed by atoms with Crippen molar-refractivity contribution in [2.75, 3.05) is 4.90 Å². The van der Waals surface area contributed by atoms with Crippen molar-refractivity contribution in [2.24, 2.45) is 0 Å². The van der Waals surface area contributed by atoms with Gasteiger partial charge in [-0.25, -0.2) is 0 Å². The maximum absolute atomic E-state index is 2.49. The van der Waals surface area contributed by atoms with Crippen molar-refractivity contribution >= 4 is 38.9 Å². The molecule has 0 saturated carbocycles. The third kappa shape index (κ3) is 6.17. The van der Waals surface area contributed by atoms with Crippen molar-refractivity contribution in [3.63, 3.8) is 0 Å². The van der Waals surface area contributed by atoms with Gasteiger partial charge in [0, 0.05) is 38.8 Å². The highest BCUT2D eigenvalue weighted by atomic mass is 15.1. The molecular weight excluding hydrogens is 797 g/mol. The van der Waals surface area contributed by atoms with Crippen LogP contribution < -0.4 is 4.90 Å². The lowest BCUT2D eigenvalue weighted by atomic mass is 9.65. The SMILES string of the molecule is CC1(C)c2ccccc2-c2c(N(c3cccc(-c4ccc(C(c5ccccc5)(c5ccccc5)c5ccccc5)cc4)c3)c3ccc4c5ccccc5n(-c5ccccc5)c4c3)cccc21. The zero-order valence-electron chi connectivity index (χ0n) is 37.1. The molecule has 1 aliphatic carbocycles. The van der Waals surface area contributed by atoms with Gasteiger partial charge in [0.05, 0.1) is 22.1 Å². The van der Waals surface area contributed by atoms with Crippen LogP contribution in [-0.2, 0) is 10.8 Å². The molecule has 0 unspecified atom stereocenters. The topological polar surface area (TPSA) is 8.17 Å². The number of benzene rings is 10. The van der Waals surface area contributed by atoms with Gasteiger partial charge >= 0.3 is 0 Å². The van der Waals surface area contributed by atoms with Gasteiger partial charge in [0.1, 0.15) is 0 Å². The molecule has 0 radical (unpaired) electrons. The van der Waals surface area contributed by atoms with Crippen molar-refractivity contribution in [1.29, 1.82) is 0 Å². The predicted octanol–water partition coefficient (Wildman–Crippen LogP) is 16.6. The molecule has 66 heavy (non-hydrogen) atoms. The van der Waals surface area contributed by atoms with Crippen LogP contribution >= 0.6 is 0 Å². The minimum absolute atomic E-state index is 0.143. The number of hydrogen-bond donors (Lipinski definition) is 0. The van der Waals surface area contributed by atoms with Gasteiger partial charge in [0.25, 0.3) is 0 Å². The first kappa shape index (κ1) is 39.4. The molecule has 0 amide bonds. The first-order valence-corrected chi connectivity index (χ1v) is 23.0. The molecular formula is C64H48N2. The van der Waals surface area contributed by atoms with Crippen molar-refractivity contribution in [3.05, 3.63) is 288 Å². The summed E-state index contributed by atoms with van der Waals surface area (Å²) in [7, 11) is 0. The second kappa shape index (κ2) is 15.8. The second-order valence-electron chi connectivity index (χ2n) is 18.1. The third-order valence-corrected chi connectivity index (χ3v) is 14.1. The quantitative estimate of drug-likeness (QED) is 0.131. The number of anilines is 3. The van der Waals surface area contributed by atoms with E-state index >= 15 is 0 Å². The number of nitrogens with zero attached hydrogens (tertiary/aromatic N) is 2. The summed E-state index contributed by atoms with van der Waals surface area (Å²) in [6.07, 6.45) is 0. The molecule has 0 aliphatic heterocycles. The zero-order valence-corrected chi connectivity index (χ0v) is 37.1. The zero-order chi connectivity index (χ0) is 44.2. The van der Waals surface area contributed by atoms with Gasteiger partial charge in [-0.2, -0.15) is 0 Å². The fraction of sp³-hybridized carbons (Fsp3) is 0.0625. The van der Waals surface area contributed by atoms with Crippen LogP contribution in [0.25, 0.3) is 49.7 Å². The first-order valence-electron chi connectivity index (χ1n) is 23.0. The molecule has 12 rings (SSSR count). The van der Waals surface area contributed by atoms with Gasteiger partial charge in [0.15, 0.2) is 0 Å². The minimum Gasteiger partial charge on any atom is -0.310 e. The fourth-order valence-electron chi connectivity index (χ4n) is 11.1. The highest BCUT2D eigenvalue weighted by Crippen LogP contribution is 2.55. The van der Waals surface area contributed by atoms with Gasteiger partial charge in [-0.3, -0.25) is 0 Å². The Bertz CT molecular complexity index is 3440. The van der Waals surface area contributed by atoms with E-state index in [1.54, 1.807) is 0 Å². The van der Waals surface area contributed by atoms with E-state index in [1.165, 1.54) is 66.3 Å². The van der Waals surface area contributed by atoms with E-state index in [9.17, 15) is 0 Å². The molecule has 10 aromatic carbocycles. The Labute approximate surface area is 387 Å². The number of aromatic nitrogens is 1. The summed E-state index contributed by atoms with van der Waals surface area (Å²) in [5, 5.41) is 2.47. The van der Waals surface area contributed by atoms with Crippen molar-refractivity contribution < 1.29 is 0 Å². The van der Waals surface area contributed by atoms with Crippen LogP contribution in [0, 0.1) is 0 Å². The summed E-state index contributed by atoms with van der Waals surface area (Å²) < 4.78 is 2.42. The van der Waals surface area contributed by atoms with Crippen molar-refractivity contribution in [3.8, 4) is 27.9 Å². The lowest BCUT2D eigenvalue weighted by Gasteiger charge is -2.37. The lowest BCUT2D eigenvalue weighted by Crippen LogP contribution is -2.30. The molecule has 0 bridgehead atoms. The summed E-state index contributed by atoms with van der Waals surface area (Å²) >= 11 is 0. The van der Waals surface area contributed by atoms with Crippen LogP contribution in [0.3, 0.4) is 0 Å². The summed E-state index contributed by atoms with van der Waals surface area (Å²) in [6, 6.07) is 93.7. The molecule has 2 heteroatoms. The highest BCUT2D eigenvalue weighted by molar-refractivity contribution is 6.10. The van der Waals surface area contributed by atoms with Crippen molar-refractivity contribution in [1.82, 2.24) is 4.57 Å². The Morgan fingerprint density at radius 3 is 1.59 bits per heavy atom. The maximum Gasteiger partial charge on any atom is 0.0701 e. The molecule has 1 heterocycles. The van der Waals surface area contributed by atoms with E-state index < -0.39 is 5.41 Å². The van der Waals surface area contributed by atoms with Crippen molar-refractivity contribution in [2.45, 2.75) is 24.7 Å². The van der Waals surface area contributed by atoms with Gasteiger partial charge in [-0.15, -0.1) is 0 Å². The van der Waals surface area contributed by atoms with E-state index in [1.807, 2.05) is 0 Å². The number of hydrogen-bond acceptors (Lipinski definition) is 1. The van der Waals surface area contributed by atoms with Gasteiger partial charge in [-0.1, -0.05) is 220 Å². The number of fused-ring (bicyclic) bond motifs is 6. The Hall–Kier alpha value is -8.20. The number of para-hydroxylation sites is 2. The Balaban J connectivity index is 1.05. The molecule has 1 aromatic heterocycles. The van der Waals surface area contributed by atoms with Crippen LogP contribution in [0.4, 0.5) is 17.1 Å². The number of rotatable bonds is 9. The summed E-state index contributed by atoms with van der Waals surface area (Å²) in [5.74, 6) is 0. The molecule has 0 atom stereocenters. The van der Waals surface area contributed by atoms with Crippen LogP contribution in [0.1, 0.15) is 47.2 Å². The molecule has 0 N–H and O–H groups in total. The normalized spacial score (nSPS) is 12.8. The highest BCUT2D eigenvalue weighted by Gasteiger charge is 2.39. The average molecular weight is 845 g/mol. The van der Waals surface area contributed by atoms with E-state index in [-0.39, 0.29) is 5.41 Å². The minimum atomic E-state index is -0.514. The fourth-order valence-corrected chi connectivity index (χ4v) is 11.1. The van der Waals surface area contributed by atoms with Gasteiger partial charge in [0.2, 0.25) is 0 Å². The standard InChI is InChI=1S/C64H48N2/c1-63(2)57-33-17-15-32-56(57)62-58(63)34-20-36-60(62)65(53-41-42-55-54-31-16-18-35-59(54)66(61(55)44-53)51-28-13-6-14-29-51)52-30-19-21-46(43-52)45-37-39-50(40-38-45)64(47-22-7-3-8-23-47,48-24-9-4-10-25-48)49-26-11-5-12-27-49/h3-44H,1-2H3. The predicted molar refractivity (Wildman–Crippen MR) is 277 cm³/mol. The second-order valence-corrected chi connectivity index (χ2v) is 18.1. The largest absolute Gasteiger partial charge is 0.310 e. The molecule has 11 aromatic rings. The summed E-state index contributed by atoms with van der Waals surface area (Å²) in [5.41, 5.74) is 18.7. The van der Waals surface area contributed by atoms with Crippen LogP contribution in [0.5, 0.6) is 0 Å². The Kier molecular flexibility index (Phi) is 9.43.